The van der Waals surface area contributed by atoms with E-state index in [4.69, 9.17) is 15.9 Å². The molecule has 176 valence electrons. The minimum absolute atomic E-state index is 0.0192. The highest BCUT2D eigenvalue weighted by atomic mass is 32.2. The first-order valence-corrected chi connectivity index (χ1v) is 12.4. The first kappa shape index (κ1) is 24.2. The van der Waals surface area contributed by atoms with Crippen LogP contribution in [0.3, 0.4) is 0 Å². The van der Waals surface area contributed by atoms with Gasteiger partial charge in [-0.2, -0.15) is 4.31 Å². The predicted molar refractivity (Wildman–Crippen MR) is 124 cm³/mol. The first-order valence-electron chi connectivity index (χ1n) is 10.1. The van der Waals surface area contributed by atoms with Crippen LogP contribution in [0.15, 0.2) is 42.4 Å². The molecule has 32 heavy (non-hydrogen) atoms. The molecular formula is C20H29N5O5S2. The summed E-state index contributed by atoms with van der Waals surface area (Å²) in [5.74, 6) is -0.106. The van der Waals surface area contributed by atoms with E-state index in [1.807, 2.05) is 20.8 Å². The van der Waals surface area contributed by atoms with Gasteiger partial charge in [0.1, 0.15) is 17.5 Å². The molecule has 1 fully saturated rings. The van der Waals surface area contributed by atoms with Crippen molar-refractivity contribution >= 4 is 38.7 Å². The lowest BCUT2D eigenvalue weighted by Crippen LogP contribution is -2.37. The van der Waals surface area contributed by atoms with Crippen molar-refractivity contribution in [1.82, 2.24) is 4.31 Å². The lowest BCUT2D eigenvalue weighted by atomic mass is 9.85. The Labute approximate surface area is 191 Å². The molecule has 0 aliphatic carbocycles. The zero-order chi connectivity index (χ0) is 23.7. The maximum atomic E-state index is 13.0. The molecule has 10 nitrogen and oxygen atoms in total. The van der Waals surface area contributed by atoms with Gasteiger partial charge >= 0.3 is 0 Å². The minimum atomic E-state index is -3.98. The number of nitrogens with zero attached hydrogens (tertiary/aromatic N) is 3. The maximum absolute atomic E-state index is 13.0. The van der Waals surface area contributed by atoms with E-state index >= 15 is 0 Å². The molecule has 2 atom stereocenters. The van der Waals surface area contributed by atoms with Gasteiger partial charge in [-0.25, -0.2) is 13.4 Å². The number of thiophene rings is 1. The second-order valence-electron chi connectivity index (χ2n) is 8.65. The van der Waals surface area contributed by atoms with Crippen molar-refractivity contribution in [3.63, 3.8) is 0 Å². The Hall–Kier alpha value is -2.41. The third-order valence-electron chi connectivity index (χ3n) is 5.19. The van der Waals surface area contributed by atoms with Crippen LogP contribution in [0.1, 0.15) is 45.4 Å². The van der Waals surface area contributed by atoms with E-state index in [0.29, 0.717) is 18.6 Å². The topological polar surface area (TPSA) is 168 Å². The zero-order valence-corrected chi connectivity index (χ0v) is 19.9. The molecule has 0 saturated carbocycles. The molecule has 2 aromatic rings. The van der Waals surface area contributed by atoms with E-state index in [2.05, 4.69) is 9.98 Å². The Bertz CT molecular complexity index is 1100. The summed E-state index contributed by atoms with van der Waals surface area (Å²) in [6, 6.07) is 2.62. The second-order valence-corrected chi connectivity index (χ2v) is 11.6. The number of aliphatic imine (C=N–C) groups is 2. The highest BCUT2D eigenvalue weighted by Crippen LogP contribution is 2.42. The van der Waals surface area contributed by atoms with Crippen LogP contribution in [0, 0.1) is 5.41 Å². The Morgan fingerprint density at radius 1 is 1.38 bits per heavy atom. The number of rotatable bonds is 6. The standard InChI is InChI=1S/C20H29N5O5S2/c1-20(2,3)16(14-7-5-9-30-14)24-18(22)17(21)23-13-11-31-19(15(13)27)32(28,29)25-8-4-6-12(25)10-26/h5,7,9,11-12,16,26-27H,4,6,8,10H2,1-3H3,(H2,21,23)(H2,22,24)/t12?,16-/m0/s1. The lowest BCUT2D eigenvalue weighted by Gasteiger charge is -2.25. The molecule has 3 rings (SSSR count). The number of sulfonamides is 1. The number of aliphatic hydroxyl groups is 1. The summed E-state index contributed by atoms with van der Waals surface area (Å²) in [5, 5.41) is 21.4. The van der Waals surface area contributed by atoms with Crippen LogP contribution in [0.4, 0.5) is 5.69 Å². The average Bonchev–Trinajstić information content (AvgIpc) is 3.46. The van der Waals surface area contributed by atoms with Gasteiger partial charge in [0, 0.05) is 18.0 Å². The van der Waals surface area contributed by atoms with Crippen molar-refractivity contribution in [3.8, 4) is 5.75 Å². The molecule has 12 heteroatoms. The van der Waals surface area contributed by atoms with Crippen molar-refractivity contribution in [2.75, 3.05) is 13.2 Å². The van der Waals surface area contributed by atoms with Crippen LogP contribution in [0.2, 0.25) is 0 Å². The quantitative estimate of drug-likeness (QED) is 0.361. The monoisotopic (exact) mass is 483 g/mol. The van der Waals surface area contributed by atoms with Gasteiger partial charge in [-0.3, -0.25) is 4.99 Å². The Balaban J connectivity index is 1.90. The van der Waals surface area contributed by atoms with Crippen molar-refractivity contribution < 1.29 is 23.0 Å². The van der Waals surface area contributed by atoms with E-state index in [0.717, 1.165) is 11.3 Å². The fraction of sp³-hybridized carbons (Fsp3) is 0.500. The van der Waals surface area contributed by atoms with Gasteiger partial charge in [0.2, 0.25) is 0 Å². The molecule has 0 bridgehead atoms. The van der Waals surface area contributed by atoms with E-state index < -0.39 is 27.9 Å². The van der Waals surface area contributed by atoms with Gasteiger partial charge in [-0.1, -0.05) is 20.8 Å². The number of aromatic hydroxyl groups is 1. The van der Waals surface area contributed by atoms with E-state index in [9.17, 15) is 18.6 Å². The van der Waals surface area contributed by atoms with Crippen LogP contribution in [-0.2, 0) is 10.0 Å². The fourth-order valence-corrected chi connectivity index (χ4v) is 6.54. The summed E-state index contributed by atoms with van der Waals surface area (Å²) in [5.41, 5.74) is 11.7. The number of amidine groups is 2. The number of nitrogens with two attached hydrogens (primary N) is 2. The lowest BCUT2D eigenvalue weighted by molar-refractivity contribution is 0.213. The zero-order valence-electron chi connectivity index (χ0n) is 18.2. The molecule has 6 N–H and O–H groups in total. The third-order valence-corrected chi connectivity index (χ3v) is 8.62. The van der Waals surface area contributed by atoms with E-state index in [1.165, 1.54) is 9.69 Å². The summed E-state index contributed by atoms with van der Waals surface area (Å²) in [4.78, 5) is 8.58. The third kappa shape index (κ3) is 4.82. The molecule has 1 aliphatic heterocycles. The Morgan fingerprint density at radius 3 is 2.69 bits per heavy atom. The molecule has 3 heterocycles. The van der Waals surface area contributed by atoms with Gasteiger partial charge < -0.3 is 26.1 Å². The largest absolute Gasteiger partial charge is 0.504 e. The molecule has 1 saturated heterocycles. The smallest absolute Gasteiger partial charge is 0.256 e. The molecular weight excluding hydrogens is 454 g/mol. The SMILES string of the molecule is CC(C)(C)[C@@H](N=C(N)C(N)=Nc1csc(S(=O)(=O)N2CCCC2CO)c1O)c1ccco1. The van der Waals surface area contributed by atoms with E-state index in [1.54, 1.807) is 18.4 Å². The van der Waals surface area contributed by atoms with E-state index in [-0.39, 0.29) is 40.1 Å². The van der Waals surface area contributed by atoms with Crippen LogP contribution in [-0.4, -0.2) is 53.8 Å². The molecule has 0 spiro atoms. The van der Waals surface area contributed by atoms with Crippen LogP contribution >= 0.6 is 11.3 Å². The first-order chi connectivity index (χ1) is 15.0. The molecule has 0 radical (unpaired) electrons. The summed E-state index contributed by atoms with van der Waals surface area (Å²) in [7, 11) is -3.98. The molecule has 1 aliphatic rings. The van der Waals surface area contributed by atoms with Crippen LogP contribution < -0.4 is 11.5 Å². The maximum Gasteiger partial charge on any atom is 0.256 e. The average molecular weight is 484 g/mol. The minimum Gasteiger partial charge on any atom is -0.504 e. The number of aliphatic hydroxyl groups excluding tert-OH is 1. The second kappa shape index (κ2) is 9.22. The molecule has 2 aromatic heterocycles. The predicted octanol–water partition coefficient (Wildman–Crippen LogP) is 2.33. The van der Waals surface area contributed by atoms with Gasteiger partial charge in [-0.05, 0) is 30.4 Å². The molecule has 0 aromatic carbocycles. The summed E-state index contributed by atoms with van der Waals surface area (Å²) in [6.07, 6.45) is 2.76. The fourth-order valence-electron chi connectivity index (χ4n) is 3.53. The highest BCUT2D eigenvalue weighted by molar-refractivity contribution is 7.91. The number of hydrogen-bond donors (Lipinski definition) is 4. The Kier molecular flexibility index (Phi) is 6.98. The number of furan rings is 1. The van der Waals surface area contributed by atoms with Crippen molar-refractivity contribution in [2.24, 2.45) is 26.9 Å². The van der Waals surface area contributed by atoms with Crippen molar-refractivity contribution in [2.45, 2.75) is 49.9 Å². The van der Waals surface area contributed by atoms with Gasteiger partial charge in [0.05, 0.1) is 12.9 Å². The van der Waals surface area contributed by atoms with Crippen LogP contribution in [0.5, 0.6) is 5.75 Å². The summed E-state index contributed by atoms with van der Waals surface area (Å²) in [6.45, 7) is 5.94. The van der Waals surface area contributed by atoms with Gasteiger partial charge in [0.15, 0.2) is 21.6 Å². The number of hydrogen-bond acceptors (Lipinski definition) is 8. The van der Waals surface area contributed by atoms with Crippen molar-refractivity contribution in [3.05, 3.63) is 29.5 Å². The normalized spacial score (nSPS) is 20.1. The van der Waals surface area contributed by atoms with Gasteiger partial charge in [0.25, 0.3) is 10.0 Å². The van der Waals surface area contributed by atoms with Crippen LogP contribution in [0.25, 0.3) is 0 Å². The van der Waals surface area contributed by atoms with Crippen molar-refractivity contribution in [1.29, 1.82) is 0 Å². The molecule has 1 unspecified atom stereocenters. The Morgan fingerprint density at radius 2 is 2.09 bits per heavy atom. The summed E-state index contributed by atoms with van der Waals surface area (Å²) >= 11 is 0.833. The summed E-state index contributed by atoms with van der Waals surface area (Å²) < 4.78 is 32.4. The van der Waals surface area contributed by atoms with Gasteiger partial charge in [-0.15, -0.1) is 11.3 Å². The molecule has 0 amide bonds. The highest BCUT2D eigenvalue weighted by Gasteiger charge is 2.38.